The molecule has 31 heavy (non-hydrogen) atoms. The fourth-order valence-corrected chi connectivity index (χ4v) is 3.52. The summed E-state index contributed by atoms with van der Waals surface area (Å²) >= 11 is 1.59. The van der Waals surface area contributed by atoms with Crippen LogP contribution in [0.15, 0.2) is 63.9 Å². The third-order valence-corrected chi connectivity index (χ3v) is 5.26. The Kier molecular flexibility index (Phi) is 7.45. The largest absolute Gasteiger partial charge is 0.493 e. The molecule has 2 N–H and O–H groups in total. The maximum Gasteiger partial charge on any atom is 0.305 e. The zero-order valence-electron chi connectivity index (χ0n) is 17.3. The van der Waals surface area contributed by atoms with E-state index in [0.29, 0.717) is 28.8 Å². The summed E-state index contributed by atoms with van der Waals surface area (Å²) in [6.45, 7) is 0. The van der Waals surface area contributed by atoms with E-state index in [-0.39, 0.29) is 11.3 Å². The van der Waals surface area contributed by atoms with Crippen LogP contribution < -0.4 is 25.1 Å². The molecule has 3 rings (SSSR count). The van der Waals surface area contributed by atoms with Crippen LogP contribution in [0.5, 0.6) is 17.2 Å². The number of thioether (sulfide) groups is 1. The fraction of sp³-hybridized carbons (Fsp3) is 0.182. The number of nitrogens with one attached hydrogen (secondary N) is 2. The molecule has 0 aliphatic heterocycles. The molecule has 9 heteroatoms. The number of ether oxygens (including phenoxy) is 3. The Morgan fingerprint density at radius 3 is 2.13 bits per heavy atom. The molecular formula is C22H22N2O6S. The van der Waals surface area contributed by atoms with E-state index in [9.17, 15) is 9.59 Å². The summed E-state index contributed by atoms with van der Waals surface area (Å²) in [5, 5.41) is 0. The molecule has 2 aromatic carbocycles. The lowest BCUT2D eigenvalue weighted by Gasteiger charge is -2.14. The SMILES string of the molecule is COc1cc(C(=O)NNC(=O)c2ccc(CSc3ccccc3)o2)cc(OC)c1OC. The van der Waals surface area contributed by atoms with E-state index >= 15 is 0 Å². The number of methoxy groups -OCH3 is 3. The highest BCUT2D eigenvalue weighted by Crippen LogP contribution is 2.38. The van der Waals surface area contributed by atoms with Crippen molar-refractivity contribution in [3.63, 3.8) is 0 Å². The van der Waals surface area contributed by atoms with Gasteiger partial charge in [0.1, 0.15) is 5.76 Å². The van der Waals surface area contributed by atoms with Gasteiger partial charge < -0.3 is 18.6 Å². The molecule has 0 fully saturated rings. The molecule has 0 bridgehead atoms. The summed E-state index contributed by atoms with van der Waals surface area (Å²) in [6.07, 6.45) is 0. The second-order valence-corrected chi connectivity index (χ2v) is 7.24. The molecule has 0 unspecified atom stereocenters. The van der Waals surface area contributed by atoms with Gasteiger partial charge in [-0.2, -0.15) is 0 Å². The van der Waals surface area contributed by atoms with Crippen molar-refractivity contribution in [3.8, 4) is 17.2 Å². The maximum absolute atomic E-state index is 12.5. The van der Waals surface area contributed by atoms with Gasteiger partial charge in [0.2, 0.25) is 5.75 Å². The van der Waals surface area contributed by atoms with E-state index < -0.39 is 11.8 Å². The summed E-state index contributed by atoms with van der Waals surface area (Å²) in [5.41, 5.74) is 4.90. The number of amides is 2. The van der Waals surface area contributed by atoms with E-state index in [1.165, 1.54) is 33.5 Å². The van der Waals surface area contributed by atoms with Gasteiger partial charge in [-0.1, -0.05) is 18.2 Å². The summed E-state index contributed by atoms with van der Waals surface area (Å²) < 4.78 is 21.3. The van der Waals surface area contributed by atoms with Gasteiger partial charge in [0.15, 0.2) is 17.3 Å². The van der Waals surface area contributed by atoms with Crippen molar-refractivity contribution in [2.45, 2.75) is 10.6 Å². The first-order valence-electron chi connectivity index (χ1n) is 9.23. The number of furan rings is 1. The number of carbonyl (C=O) groups is 2. The van der Waals surface area contributed by atoms with E-state index in [0.717, 1.165) is 4.90 Å². The number of rotatable bonds is 8. The fourth-order valence-electron chi connectivity index (χ4n) is 2.71. The van der Waals surface area contributed by atoms with Crippen molar-refractivity contribution in [1.82, 2.24) is 10.9 Å². The molecule has 0 saturated carbocycles. The minimum absolute atomic E-state index is 0.0915. The molecule has 0 aliphatic rings. The van der Waals surface area contributed by atoms with Gasteiger partial charge in [-0.05, 0) is 36.4 Å². The van der Waals surface area contributed by atoms with Crippen LogP contribution in [-0.2, 0) is 5.75 Å². The monoisotopic (exact) mass is 442 g/mol. The quantitative estimate of drug-likeness (QED) is 0.406. The van der Waals surface area contributed by atoms with Crippen molar-refractivity contribution in [2.75, 3.05) is 21.3 Å². The third-order valence-electron chi connectivity index (χ3n) is 4.23. The Hall–Kier alpha value is -3.59. The van der Waals surface area contributed by atoms with Crippen molar-refractivity contribution in [1.29, 1.82) is 0 Å². The van der Waals surface area contributed by atoms with Gasteiger partial charge in [-0.3, -0.25) is 20.4 Å². The van der Waals surface area contributed by atoms with E-state index in [4.69, 9.17) is 18.6 Å². The predicted octanol–water partition coefficient (Wildman–Crippen LogP) is 3.67. The zero-order chi connectivity index (χ0) is 22.2. The lowest BCUT2D eigenvalue weighted by atomic mass is 10.1. The Bertz CT molecular complexity index is 1030. The second-order valence-electron chi connectivity index (χ2n) is 6.19. The highest BCUT2D eigenvalue weighted by atomic mass is 32.2. The molecule has 0 saturated heterocycles. The van der Waals surface area contributed by atoms with E-state index in [2.05, 4.69) is 10.9 Å². The topological polar surface area (TPSA) is 99.0 Å². The summed E-state index contributed by atoms with van der Waals surface area (Å²) in [5.74, 6) is 1.20. The molecule has 2 amide bonds. The Labute approximate surface area is 183 Å². The van der Waals surface area contributed by atoms with Gasteiger partial charge in [0, 0.05) is 10.5 Å². The molecule has 3 aromatic rings. The Morgan fingerprint density at radius 1 is 0.871 bits per heavy atom. The number of hydrogen-bond acceptors (Lipinski definition) is 7. The molecule has 0 spiro atoms. The molecular weight excluding hydrogens is 420 g/mol. The molecule has 1 heterocycles. The lowest BCUT2D eigenvalue weighted by molar-refractivity contribution is 0.0830. The average molecular weight is 442 g/mol. The summed E-state index contributed by atoms with van der Waals surface area (Å²) in [6, 6.07) is 16.1. The van der Waals surface area contributed by atoms with E-state index in [1.807, 2.05) is 30.3 Å². The van der Waals surface area contributed by atoms with E-state index in [1.54, 1.807) is 23.9 Å². The highest BCUT2D eigenvalue weighted by molar-refractivity contribution is 7.98. The van der Waals surface area contributed by atoms with Crippen molar-refractivity contribution in [2.24, 2.45) is 0 Å². The number of hydrogen-bond donors (Lipinski definition) is 2. The maximum atomic E-state index is 12.5. The van der Waals surface area contributed by atoms with Crippen molar-refractivity contribution in [3.05, 3.63) is 71.7 Å². The van der Waals surface area contributed by atoms with Crippen LogP contribution in [0.2, 0.25) is 0 Å². The number of hydrazine groups is 1. The number of carbonyl (C=O) groups excluding carboxylic acids is 2. The normalized spacial score (nSPS) is 10.3. The van der Waals surface area contributed by atoms with Crippen molar-refractivity contribution < 1.29 is 28.2 Å². The van der Waals surface area contributed by atoms with Crippen LogP contribution in [0.3, 0.4) is 0 Å². The Morgan fingerprint density at radius 2 is 1.52 bits per heavy atom. The van der Waals surface area contributed by atoms with Gasteiger partial charge in [-0.25, -0.2) is 0 Å². The third kappa shape index (κ3) is 5.52. The van der Waals surface area contributed by atoms with Crippen LogP contribution in [0.1, 0.15) is 26.7 Å². The van der Waals surface area contributed by atoms with Crippen LogP contribution in [0, 0.1) is 0 Å². The lowest BCUT2D eigenvalue weighted by Crippen LogP contribution is -2.41. The number of benzene rings is 2. The Balaban J connectivity index is 1.59. The van der Waals surface area contributed by atoms with Crippen LogP contribution in [-0.4, -0.2) is 33.1 Å². The zero-order valence-corrected chi connectivity index (χ0v) is 18.1. The molecule has 162 valence electrons. The van der Waals surface area contributed by atoms with Gasteiger partial charge in [0.25, 0.3) is 5.91 Å². The first kappa shape index (κ1) is 22.1. The molecule has 1 aromatic heterocycles. The summed E-state index contributed by atoms with van der Waals surface area (Å²) in [7, 11) is 4.37. The van der Waals surface area contributed by atoms with Gasteiger partial charge in [-0.15, -0.1) is 11.8 Å². The van der Waals surface area contributed by atoms with Gasteiger partial charge >= 0.3 is 5.91 Å². The molecule has 0 aliphatic carbocycles. The minimum atomic E-state index is -0.572. The molecule has 8 nitrogen and oxygen atoms in total. The van der Waals surface area contributed by atoms with Gasteiger partial charge in [0.05, 0.1) is 27.1 Å². The summed E-state index contributed by atoms with van der Waals surface area (Å²) in [4.78, 5) is 25.9. The molecule has 0 atom stereocenters. The van der Waals surface area contributed by atoms with Crippen molar-refractivity contribution >= 4 is 23.6 Å². The molecule has 0 radical (unpaired) electrons. The van der Waals surface area contributed by atoms with Crippen LogP contribution in [0.25, 0.3) is 0 Å². The average Bonchev–Trinajstić information content (AvgIpc) is 3.29. The highest BCUT2D eigenvalue weighted by Gasteiger charge is 2.18. The first-order valence-corrected chi connectivity index (χ1v) is 10.2. The minimum Gasteiger partial charge on any atom is -0.493 e. The standard InChI is InChI=1S/C22H22N2O6S/c1-27-18-11-14(12-19(28-2)20(18)29-3)21(25)23-24-22(26)17-10-9-15(30-17)13-31-16-7-5-4-6-8-16/h4-12H,13H2,1-3H3,(H,23,25)(H,24,26). The second kappa shape index (κ2) is 10.4. The smallest absolute Gasteiger partial charge is 0.305 e. The van der Waals surface area contributed by atoms with Crippen LogP contribution >= 0.6 is 11.8 Å². The predicted molar refractivity (Wildman–Crippen MR) is 116 cm³/mol. The first-order chi connectivity index (χ1) is 15.0. The van der Waals surface area contributed by atoms with Crippen LogP contribution in [0.4, 0.5) is 0 Å².